The number of amides is 2. The summed E-state index contributed by atoms with van der Waals surface area (Å²) >= 11 is 0. The van der Waals surface area contributed by atoms with E-state index < -0.39 is 0 Å². The average molecular weight is 332 g/mol. The van der Waals surface area contributed by atoms with Crippen molar-refractivity contribution in [2.45, 2.75) is 39.5 Å². The number of aryl methyl sites for hydroxylation is 2. The minimum absolute atomic E-state index is 0.204. The Hall–Kier alpha value is -2.64. The van der Waals surface area contributed by atoms with Crippen LogP contribution >= 0.6 is 0 Å². The molecule has 0 spiro atoms. The van der Waals surface area contributed by atoms with Gasteiger partial charge in [-0.3, -0.25) is 0 Å². The minimum Gasteiger partial charge on any atom is -0.336 e. The van der Waals surface area contributed by atoms with Gasteiger partial charge in [0.2, 0.25) is 0 Å². The number of hydrogen-bond donors (Lipinski definition) is 2. The fourth-order valence-corrected chi connectivity index (χ4v) is 2.21. The Morgan fingerprint density at radius 1 is 0.833 bits per heavy atom. The van der Waals surface area contributed by atoms with Crippen LogP contribution in [0.4, 0.5) is 9.59 Å². The van der Waals surface area contributed by atoms with E-state index in [1.807, 2.05) is 13.8 Å². The SMILES string of the molecule is Cc1ccn(C(=O)NCCCCCCNC(=O)n2ccc(C)n2)n1. The van der Waals surface area contributed by atoms with Crippen molar-refractivity contribution in [1.29, 1.82) is 0 Å². The number of unbranched alkanes of at least 4 members (excludes halogenated alkanes) is 3. The lowest BCUT2D eigenvalue weighted by Gasteiger charge is -2.06. The highest BCUT2D eigenvalue weighted by atomic mass is 16.2. The van der Waals surface area contributed by atoms with Crippen LogP contribution < -0.4 is 10.6 Å². The number of carbonyl (C=O) groups is 2. The quantitative estimate of drug-likeness (QED) is 0.759. The maximum absolute atomic E-state index is 11.7. The zero-order chi connectivity index (χ0) is 17.4. The van der Waals surface area contributed by atoms with Gasteiger partial charge in [-0.05, 0) is 38.8 Å². The van der Waals surface area contributed by atoms with Gasteiger partial charge < -0.3 is 10.6 Å². The first-order valence-corrected chi connectivity index (χ1v) is 8.17. The van der Waals surface area contributed by atoms with Crippen molar-refractivity contribution in [3.8, 4) is 0 Å². The summed E-state index contributed by atoms with van der Waals surface area (Å²) in [7, 11) is 0. The summed E-state index contributed by atoms with van der Waals surface area (Å²) in [6.07, 6.45) is 7.09. The van der Waals surface area contributed by atoms with Gasteiger partial charge >= 0.3 is 12.1 Å². The molecule has 0 aromatic carbocycles. The zero-order valence-corrected chi connectivity index (χ0v) is 14.2. The third-order valence-electron chi connectivity index (χ3n) is 3.52. The van der Waals surface area contributed by atoms with E-state index in [0.29, 0.717) is 13.1 Å². The van der Waals surface area contributed by atoms with E-state index in [2.05, 4.69) is 20.8 Å². The van der Waals surface area contributed by atoms with Crippen LogP contribution in [0.2, 0.25) is 0 Å². The van der Waals surface area contributed by atoms with E-state index in [-0.39, 0.29) is 12.1 Å². The van der Waals surface area contributed by atoms with Gasteiger partial charge in [0.15, 0.2) is 0 Å². The molecular weight excluding hydrogens is 308 g/mol. The first-order chi connectivity index (χ1) is 11.6. The number of nitrogens with zero attached hydrogens (tertiary/aromatic N) is 4. The van der Waals surface area contributed by atoms with Gasteiger partial charge in [-0.2, -0.15) is 19.6 Å². The summed E-state index contributed by atoms with van der Waals surface area (Å²) in [4.78, 5) is 23.5. The monoisotopic (exact) mass is 332 g/mol. The molecule has 2 rings (SSSR count). The van der Waals surface area contributed by atoms with E-state index in [1.54, 1.807) is 24.5 Å². The predicted molar refractivity (Wildman–Crippen MR) is 90.0 cm³/mol. The molecule has 2 aromatic heterocycles. The molecule has 0 radical (unpaired) electrons. The molecule has 2 amide bonds. The Balaban J connectivity index is 1.48. The molecule has 0 fully saturated rings. The van der Waals surface area contributed by atoms with Crippen molar-refractivity contribution >= 4 is 12.1 Å². The molecule has 0 aliphatic heterocycles. The molecule has 0 saturated heterocycles. The Labute approximate surface area is 141 Å². The normalized spacial score (nSPS) is 10.6. The van der Waals surface area contributed by atoms with Crippen LogP contribution in [-0.2, 0) is 0 Å². The van der Waals surface area contributed by atoms with E-state index in [9.17, 15) is 9.59 Å². The van der Waals surface area contributed by atoms with E-state index in [0.717, 1.165) is 37.1 Å². The van der Waals surface area contributed by atoms with Crippen molar-refractivity contribution in [2.24, 2.45) is 0 Å². The number of nitrogens with one attached hydrogen (secondary N) is 2. The number of aromatic nitrogens is 4. The topological polar surface area (TPSA) is 93.8 Å². The lowest BCUT2D eigenvalue weighted by molar-refractivity contribution is 0.238. The van der Waals surface area contributed by atoms with Gasteiger partial charge in [0.1, 0.15) is 0 Å². The molecule has 0 atom stereocenters. The first-order valence-electron chi connectivity index (χ1n) is 8.17. The van der Waals surface area contributed by atoms with Crippen LogP contribution in [0.3, 0.4) is 0 Å². The number of rotatable bonds is 7. The molecule has 2 heterocycles. The lowest BCUT2D eigenvalue weighted by Crippen LogP contribution is -2.30. The molecule has 0 aliphatic carbocycles. The second kappa shape index (κ2) is 8.85. The third-order valence-corrected chi connectivity index (χ3v) is 3.52. The molecule has 8 heteroatoms. The Morgan fingerprint density at radius 3 is 1.58 bits per heavy atom. The highest BCUT2D eigenvalue weighted by molar-refractivity contribution is 5.75. The van der Waals surface area contributed by atoms with Crippen LogP contribution in [0.15, 0.2) is 24.5 Å². The van der Waals surface area contributed by atoms with Gasteiger partial charge in [-0.1, -0.05) is 12.8 Å². The summed E-state index contributed by atoms with van der Waals surface area (Å²) in [5.41, 5.74) is 1.63. The maximum Gasteiger partial charge on any atom is 0.342 e. The van der Waals surface area contributed by atoms with Gasteiger partial charge in [0, 0.05) is 25.5 Å². The highest BCUT2D eigenvalue weighted by Crippen LogP contribution is 1.99. The van der Waals surface area contributed by atoms with Crippen LogP contribution in [0.5, 0.6) is 0 Å². The van der Waals surface area contributed by atoms with Crippen molar-refractivity contribution in [2.75, 3.05) is 13.1 Å². The number of hydrogen-bond acceptors (Lipinski definition) is 4. The summed E-state index contributed by atoms with van der Waals surface area (Å²) in [5, 5.41) is 13.8. The third kappa shape index (κ3) is 5.53. The molecule has 2 aromatic rings. The molecule has 0 bridgehead atoms. The fourth-order valence-electron chi connectivity index (χ4n) is 2.21. The van der Waals surface area contributed by atoms with Crippen LogP contribution in [-0.4, -0.2) is 44.7 Å². The van der Waals surface area contributed by atoms with Crippen molar-refractivity contribution in [3.63, 3.8) is 0 Å². The van der Waals surface area contributed by atoms with Crippen molar-refractivity contribution < 1.29 is 9.59 Å². The lowest BCUT2D eigenvalue weighted by atomic mass is 10.2. The average Bonchev–Trinajstić information content (AvgIpc) is 3.18. The first kappa shape index (κ1) is 17.7. The summed E-state index contributed by atoms with van der Waals surface area (Å²) in [5.74, 6) is 0. The molecule has 24 heavy (non-hydrogen) atoms. The van der Waals surface area contributed by atoms with Crippen molar-refractivity contribution in [3.05, 3.63) is 35.9 Å². The second-order valence-electron chi connectivity index (χ2n) is 5.68. The van der Waals surface area contributed by atoms with Crippen molar-refractivity contribution in [1.82, 2.24) is 30.2 Å². The smallest absolute Gasteiger partial charge is 0.336 e. The van der Waals surface area contributed by atoms with Crippen LogP contribution in [0.25, 0.3) is 0 Å². The highest BCUT2D eigenvalue weighted by Gasteiger charge is 2.05. The Morgan fingerprint density at radius 2 is 1.25 bits per heavy atom. The van der Waals surface area contributed by atoms with E-state index >= 15 is 0 Å². The summed E-state index contributed by atoms with van der Waals surface area (Å²) < 4.78 is 2.61. The van der Waals surface area contributed by atoms with Gasteiger partial charge in [0.05, 0.1) is 11.4 Å². The predicted octanol–water partition coefficient (Wildman–Crippen LogP) is 2.07. The molecule has 0 saturated carbocycles. The Bertz CT molecular complexity index is 617. The molecule has 0 aliphatic rings. The molecule has 130 valence electrons. The minimum atomic E-state index is -0.204. The zero-order valence-electron chi connectivity index (χ0n) is 14.2. The standard InChI is InChI=1S/C16H24N6O2/c1-13-7-11-21(19-13)15(23)17-9-5-3-4-6-10-18-16(24)22-12-8-14(2)20-22/h7-8,11-12H,3-6,9-10H2,1-2H3,(H,17,23)(H,18,24). The number of carbonyl (C=O) groups excluding carboxylic acids is 2. The van der Waals surface area contributed by atoms with Gasteiger partial charge in [-0.25, -0.2) is 9.59 Å². The van der Waals surface area contributed by atoms with Gasteiger partial charge in [0.25, 0.3) is 0 Å². The molecular formula is C16H24N6O2. The Kier molecular flexibility index (Phi) is 6.53. The van der Waals surface area contributed by atoms with E-state index in [4.69, 9.17) is 0 Å². The maximum atomic E-state index is 11.7. The summed E-state index contributed by atoms with van der Waals surface area (Å²) in [6.45, 7) is 4.93. The molecule has 2 N–H and O–H groups in total. The van der Waals surface area contributed by atoms with Crippen LogP contribution in [0.1, 0.15) is 37.1 Å². The van der Waals surface area contributed by atoms with E-state index in [1.165, 1.54) is 9.36 Å². The summed E-state index contributed by atoms with van der Waals surface area (Å²) in [6, 6.07) is 3.17. The largest absolute Gasteiger partial charge is 0.342 e. The molecule has 8 nitrogen and oxygen atoms in total. The second-order valence-corrected chi connectivity index (χ2v) is 5.68. The van der Waals surface area contributed by atoms with Crippen LogP contribution in [0, 0.1) is 13.8 Å². The molecule has 0 unspecified atom stereocenters. The van der Waals surface area contributed by atoms with Gasteiger partial charge in [-0.15, -0.1) is 0 Å². The fraction of sp³-hybridized carbons (Fsp3) is 0.500.